The molecule has 2 aromatic heterocycles. The molecule has 0 bridgehead atoms. The van der Waals surface area contributed by atoms with Crippen LogP contribution in [-0.4, -0.2) is 36.6 Å². The Labute approximate surface area is 135 Å². The summed E-state index contributed by atoms with van der Waals surface area (Å²) in [7, 11) is 4.03. The van der Waals surface area contributed by atoms with Crippen LogP contribution in [0.2, 0.25) is 0 Å². The highest BCUT2D eigenvalue weighted by atomic mass is 32.1. The van der Waals surface area contributed by atoms with E-state index in [0.717, 1.165) is 0 Å². The van der Waals surface area contributed by atoms with Crippen molar-refractivity contribution in [2.24, 2.45) is 0 Å². The molecule has 0 unspecified atom stereocenters. The molecule has 1 N–H and O–H groups in total. The van der Waals surface area contributed by atoms with Gasteiger partial charge in [-0.05, 0) is 32.5 Å². The van der Waals surface area contributed by atoms with Crippen LogP contribution in [-0.2, 0) is 0 Å². The van der Waals surface area contributed by atoms with Crippen LogP contribution < -0.4 is 5.32 Å². The molecule has 120 valence electrons. The Morgan fingerprint density at radius 1 is 1.45 bits per heavy atom. The molecule has 6 heteroatoms. The molecule has 0 aliphatic rings. The van der Waals surface area contributed by atoms with E-state index in [1.807, 2.05) is 34.0 Å². The van der Waals surface area contributed by atoms with Crippen LogP contribution in [0.3, 0.4) is 0 Å². The number of rotatable bonds is 6. The molecule has 1 amide bonds. The summed E-state index contributed by atoms with van der Waals surface area (Å²) in [5.41, 5.74) is 1.21. The Bertz CT molecular complexity index is 617. The monoisotopic (exact) mass is 321 g/mol. The summed E-state index contributed by atoms with van der Waals surface area (Å²) in [6, 6.07) is 4.28. The van der Waals surface area contributed by atoms with E-state index in [1.165, 1.54) is 4.88 Å². The van der Waals surface area contributed by atoms with Gasteiger partial charge in [-0.2, -0.15) is 0 Å². The first-order chi connectivity index (χ1) is 10.4. The topological polar surface area (TPSA) is 58.4 Å². The molecule has 0 aliphatic heterocycles. The fourth-order valence-electron chi connectivity index (χ4n) is 2.35. The summed E-state index contributed by atoms with van der Waals surface area (Å²) in [6.45, 7) is 6.33. The highest BCUT2D eigenvalue weighted by molar-refractivity contribution is 7.10. The first kappa shape index (κ1) is 16.7. The lowest BCUT2D eigenvalue weighted by Gasteiger charge is -2.23. The second kappa shape index (κ2) is 7.07. The van der Waals surface area contributed by atoms with Gasteiger partial charge in [-0.1, -0.05) is 25.1 Å². The largest absolute Gasteiger partial charge is 0.360 e. The van der Waals surface area contributed by atoms with E-state index in [0.29, 0.717) is 23.6 Å². The second-order valence-electron chi connectivity index (χ2n) is 5.87. The average molecular weight is 321 g/mol. The molecule has 1 atom stereocenters. The van der Waals surface area contributed by atoms with Crippen molar-refractivity contribution in [3.05, 3.63) is 39.4 Å². The van der Waals surface area contributed by atoms with E-state index >= 15 is 0 Å². The number of likely N-dealkylation sites (N-methyl/N-ethyl adjacent to an activating group) is 1. The summed E-state index contributed by atoms with van der Waals surface area (Å²) in [5, 5.41) is 8.99. The van der Waals surface area contributed by atoms with Crippen LogP contribution in [0.1, 0.15) is 52.5 Å². The Morgan fingerprint density at radius 2 is 2.18 bits per heavy atom. The molecule has 0 spiro atoms. The molecular formula is C16H23N3O2S. The SMILES string of the molecule is Cc1noc(C(C)C)c1C(=O)NC[C@@H](c1cccs1)N(C)C. The van der Waals surface area contributed by atoms with Crippen LogP contribution in [0.25, 0.3) is 0 Å². The fourth-order valence-corrected chi connectivity index (χ4v) is 3.28. The minimum atomic E-state index is -0.120. The van der Waals surface area contributed by atoms with Gasteiger partial charge in [0.15, 0.2) is 5.76 Å². The zero-order chi connectivity index (χ0) is 16.3. The maximum absolute atomic E-state index is 12.5. The molecular weight excluding hydrogens is 298 g/mol. The summed E-state index contributed by atoms with van der Waals surface area (Å²) in [4.78, 5) is 15.9. The van der Waals surface area contributed by atoms with Gasteiger partial charge in [0.25, 0.3) is 5.91 Å². The number of nitrogens with one attached hydrogen (secondary N) is 1. The van der Waals surface area contributed by atoms with Crippen LogP contribution in [0, 0.1) is 6.92 Å². The van der Waals surface area contributed by atoms with E-state index < -0.39 is 0 Å². The van der Waals surface area contributed by atoms with E-state index in [-0.39, 0.29) is 17.9 Å². The lowest BCUT2D eigenvalue weighted by Crippen LogP contribution is -2.34. The minimum Gasteiger partial charge on any atom is -0.360 e. The number of nitrogens with zero attached hydrogens (tertiary/aromatic N) is 2. The Balaban J connectivity index is 2.11. The van der Waals surface area contributed by atoms with Gasteiger partial charge in [0, 0.05) is 17.3 Å². The van der Waals surface area contributed by atoms with E-state index in [2.05, 4.69) is 26.8 Å². The molecule has 2 aromatic rings. The van der Waals surface area contributed by atoms with Crippen molar-refractivity contribution in [1.29, 1.82) is 0 Å². The number of hydrogen-bond acceptors (Lipinski definition) is 5. The Morgan fingerprint density at radius 3 is 2.73 bits per heavy atom. The van der Waals surface area contributed by atoms with Gasteiger partial charge in [-0.15, -0.1) is 11.3 Å². The van der Waals surface area contributed by atoms with Crippen LogP contribution in [0.15, 0.2) is 22.0 Å². The summed E-state index contributed by atoms with van der Waals surface area (Å²) in [6.07, 6.45) is 0. The van der Waals surface area contributed by atoms with Gasteiger partial charge in [-0.25, -0.2) is 0 Å². The zero-order valence-corrected chi connectivity index (χ0v) is 14.5. The fraction of sp³-hybridized carbons (Fsp3) is 0.500. The van der Waals surface area contributed by atoms with Gasteiger partial charge in [-0.3, -0.25) is 4.79 Å². The molecule has 2 rings (SSSR count). The minimum absolute atomic E-state index is 0.120. The van der Waals surface area contributed by atoms with Crippen molar-refractivity contribution in [2.75, 3.05) is 20.6 Å². The Kier molecular flexibility index (Phi) is 5.37. The molecule has 0 aliphatic carbocycles. The van der Waals surface area contributed by atoms with Crippen molar-refractivity contribution in [1.82, 2.24) is 15.4 Å². The number of carbonyl (C=O) groups is 1. The first-order valence-electron chi connectivity index (χ1n) is 7.36. The maximum atomic E-state index is 12.5. The third-order valence-electron chi connectivity index (χ3n) is 3.59. The highest BCUT2D eigenvalue weighted by Crippen LogP contribution is 2.24. The molecule has 2 heterocycles. The molecule has 0 saturated carbocycles. The molecule has 0 saturated heterocycles. The van der Waals surface area contributed by atoms with Crippen molar-refractivity contribution in [2.45, 2.75) is 32.7 Å². The second-order valence-corrected chi connectivity index (χ2v) is 6.85. The number of hydrogen-bond donors (Lipinski definition) is 1. The van der Waals surface area contributed by atoms with E-state index in [4.69, 9.17) is 4.52 Å². The van der Waals surface area contributed by atoms with Crippen molar-refractivity contribution >= 4 is 17.2 Å². The summed E-state index contributed by atoms with van der Waals surface area (Å²) >= 11 is 1.70. The lowest BCUT2D eigenvalue weighted by atomic mass is 10.0. The normalized spacial score (nSPS) is 12.9. The predicted molar refractivity (Wildman–Crippen MR) is 88.4 cm³/mol. The maximum Gasteiger partial charge on any atom is 0.256 e. The quantitative estimate of drug-likeness (QED) is 0.887. The summed E-state index contributed by atoms with van der Waals surface area (Å²) in [5.74, 6) is 0.655. The van der Waals surface area contributed by atoms with Gasteiger partial charge in [0.2, 0.25) is 0 Å². The average Bonchev–Trinajstić information content (AvgIpc) is 3.07. The van der Waals surface area contributed by atoms with Crippen molar-refractivity contribution < 1.29 is 9.32 Å². The third-order valence-corrected chi connectivity index (χ3v) is 4.57. The van der Waals surface area contributed by atoms with Crippen molar-refractivity contribution in [3.8, 4) is 0 Å². The van der Waals surface area contributed by atoms with E-state index in [9.17, 15) is 4.79 Å². The third kappa shape index (κ3) is 3.56. The summed E-state index contributed by atoms with van der Waals surface area (Å²) < 4.78 is 5.29. The molecule has 0 fully saturated rings. The standard InChI is InChI=1S/C16H23N3O2S/c1-10(2)15-14(11(3)18-21-15)16(20)17-9-12(19(4)5)13-7-6-8-22-13/h6-8,10,12H,9H2,1-5H3,(H,17,20)/t12-/m0/s1. The highest BCUT2D eigenvalue weighted by Gasteiger charge is 2.24. The van der Waals surface area contributed by atoms with Gasteiger partial charge in [0.05, 0.1) is 11.7 Å². The van der Waals surface area contributed by atoms with Crippen molar-refractivity contribution in [3.63, 3.8) is 0 Å². The smallest absolute Gasteiger partial charge is 0.256 e. The number of carbonyl (C=O) groups excluding carboxylic acids is 1. The molecule has 0 radical (unpaired) electrons. The number of amides is 1. The Hall–Kier alpha value is -1.66. The molecule has 22 heavy (non-hydrogen) atoms. The zero-order valence-electron chi connectivity index (χ0n) is 13.7. The number of thiophene rings is 1. The van der Waals surface area contributed by atoms with Crippen LogP contribution in [0.4, 0.5) is 0 Å². The number of aryl methyl sites for hydroxylation is 1. The molecule has 0 aromatic carbocycles. The molecule has 5 nitrogen and oxygen atoms in total. The van der Waals surface area contributed by atoms with Gasteiger partial charge >= 0.3 is 0 Å². The first-order valence-corrected chi connectivity index (χ1v) is 8.24. The van der Waals surface area contributed by atoms with E-state index in [1.54, 1.807) is 18.3 Å². The predicted octanol–water partition coefficient (Wildman–Crippen LogP) is 3.20. The van der Waals surface area contributed by atoms with Crippen LogP contribution in [0.5, 0.6) is 0 Å². The van der Waals surface area contributed by atoms with Crippen LogP contribution >= 0.6 is 11.3 Å². The van der Waals surface area contributed by atoms with Gasteiger partial charge in [0.1, 0.15) is 5.56 Å². The lowest BCUT2D eigenvalue weighted by molar-refractivity contribution is 0.0939. The number of aromatic nitrogens is 1. The van der Waals surface area contributed by atoms with Gasteiger partial charge < -0.3 is 14.7 Å².